The van der Waals surface area contributed by atoms with Gasteiger partial charge in [0.25, 0.3) is 0 Å². The number of carboxylic acids is 1. The second-order valence-electron chi connectivity index (χ2n) is 5.76. The molecule has 5 nitrogen and oxygen atoms in total. The standard InChI is InChI=1S/C15H28N2O3/c1-4-6-7-9-16(3)15(20)17-10-8-12(5-2)11-13(17)14(18)19/h12-13H,4-11H2,1-3H3,(H,18,19). The molecular formula is C15H28N2O3. The predicted molar refractivity (Wildman–Crippen MR) is 78.7 cm³/mol. The number of aliphatic carboxylic acids is 1. The largest absolute Gasteiger partial charge is 0.480 e. The van der Waals surface area contributed by atoms with Crippen molar-refractivity contribution in [2.75, 3.05) is 20.1 Å². The summed E-state index contributed by atoms with van der Waals surface area (Å²) in [4.78, 5) is 27.0. The highest BCUT2D eigenvalue weighted by Crippen LogP contribution is 2.26. The van der Waals surface area contributed by atoms with Gasteiger partial charge in [-0.1, -0.05) is 33.1 Å². The first kappa shape index (κ1) is 16.8. The lowest BCUT2D eigenvalue weighted by atomic mass is 9.89. The van der Waals surface area contributed by atoms with Crippen molar-refractivity contribution in [2.24, 2.45) is 5.92 Å². The van der Waals surface area contributed by atoms with E-state index in [0.29, 0.717) is 25.4 Å². The van der Waals surface area contributed by atoms with E-state index in [0.717, 1.165) is 32.1 Å². The van der Waals surface area contributed by atoms with E-state index in [1.165, 1.54) is 0 Å². The molecule has 2 amide bonds. The number of piperidine rings is 1. The van der Waals surface area contributed by atoms with Crippen molar-refractivity contribution in [1.82, 2.24) is 9.80 Å². The Morgan fingerprint density at radius 1 is 1.30 bits per heavy atom. The summed E-state index contributed by atoms with van der Waals surface area (Å²) >= 11 is 0. The van der Waals surface area contributed by atoms with Crippen LogP contribution in [0.1, 0.15) is 52.4 Å². The summed E-state index contributed by atoms with van der Waals surface area (Å²) in [7, 11) is 1.77. The van der Waals surface area contributed by atoms with E-state index in [-0.39, 0.29) is 6.03 Å². The number of carboxylic acid groups (broad SMARTS) is 1. The number of carbonyl (C=O) groups excluding carboxylic acids is 1. The lowest BCUT2D eigenvalue weighted by molar-refractivity contribution is -0.144. The van der Waals surface area contributed by atoms with Crippen molar-refractivity contribution < 1.29 is 14.7 Å². The average molecular weight is 284 g/mol. The molecule has 1 heterocycles. The maximum absolute atomic E-state index is 12.4. The van der Waals surface area contributed by atoms with Gasteiger partial charge < -0.3 is 14.9 Å². The zero-order valence-corrected chi connectivity index (χ0v) is 13.0. The second-order valence-corrected chi connectivity index (χ2v) is 5.76. The highest BCUT2D eigenvalue weighted by Gasteiger charge is 2.36. The maximum atomic E-state index is 12.4. The van der Waals surface area contributed by atoms with Gasteiger partial charge in [-0.2, -0.15) is 0 Å². The number of hydrogen-bond donors (Lipinski definition) is 1. The van der Waals surface area contributed by atoms with Crippen LogP contribution < -0.4 is 0 Å². The summed E-state index contributed by atoms with van der Waals surface area (Å²) in [6, 6.07) is -0.794. The molecule has 2 atom stereocenters. The van der Waals surface area contributed by atoms with Gasteiger partial charge in [0.1, 0.15) is 6.04 Å². The van der Waals surface area contributed by atoms with Crippen molar-refractivity contribution in [3.63, 3.8) is 0 Å². The summed E-state index contributed by atoms with van der Waals surface area (Å²) in [5, 5.41) is 9.35. The minimum absolute atomic E-state index is 0.136. The molecule has 0 aromatic rings. The monoisotopic (exact) mass is 284 g/mol. The molecular weight excluding hydrogens is 256 g/mol. The first-order chi connectivity index (χ1) is 9.51. The van der Waals surface area contributed by atoms with Gasteiger partial charge in [-0.25, -0.2) is 9.59 Å². The fourth-order valence-corrected chi connectivity index (χ4v) is 2.79. The Hall–Kier alpha value is -1.26. The Kier molecular flexibility index (Phi) is 6.82. The maximum Gasteiger partial charge on any atom is 0.326 e. The smallest absolute Gasteiger partial charge is 0.326 e. The highest BCUT2D eigenvalue weighted by atomic mass is 16.4. The quantitative estimate of drug-likeness (QED) is 0.763. The molecule has 116 valence electrons. The summed E-state index contributed by atoms with van der Waals surface area (Å²) in [5.41, 5.74) is 0. The highest BCUT2D eigenvalue weighted by molar-refractivity contribution is 5.82. The van der Waals surface area contributed by atoms with E-state index >= 15 is 0 Å². The van der Waals surface area contributed by atoms with Crippen molar-refractivity contribution in [2.45, 2.75) is 58.4 Å². The lowest BCUT2D eigenvalue weighted by Gasteiger charge is -2.38. The van der Waals surface area contributed by atoms with Crippen molar-refractivity contribution in [3.8, 4) is 0 Å². The van der Waals surface area contributed by atoms with Crippen molar-refractivity contribution >= 4 is 12.0 Å². The molecule has 1 aliphatic rings. The number of nitrogens with zero attached hydrogens (tertiary/aromatic N) is 2. The molecule has 1 saturated heterocycles. The Labute approximate surface area is 121 Å². The van der Waals surface area contributed by atoms with Gasteiger partial charge in [-0.05, 0) is 25.2 Å². The van der Waals surface area contributed by atoms with Crippen LogP contribution in [0.5, 0.6) is 0 Å². The molecule has 0 aliphatic carbocycles. The van der Waals surface area contributed by atoms with Crippen LogP contribution in [0.25, 0.3) is 0 Å². The van der Waals surface area contributed by atoms with Crippen LogP contribution in [-0.2, 0) is 4.79 Å². The van der Waals surface area contributed by atoms with Gasteiger partial charge in [0.05, 0.1) is 0 Å². The average Bonchev–Trinajstić information content (AvgIpc) is 2.45. The lowest BCUT2D eigenvalue weighted by Crippen LogP contribution is -2.53. The summed E-state index contributed by atoms with van der Waals surface area (Å²) < 4.78 is 0. The Balaban J connectivity index is 2.62. The Morgan fingerprint density at radius 3 is 2.55 bits per heavy atom. The van der Waals surface area contributed by atoms with Crippen molar-refractivity contribution in [3.05, 3.63) is 0 Å². The number of likely N-dealkylation sites (tertiary alicyclic amines) is 1. The molecule has 0 radical (unpaired) electrons. The van der Waals surface area contributed by atoms with Crippen LogP contribution in [0, 0.1) is 5.92 Å². The van der Waals surface area contributed by atoms with Crippen LogP contribution in [0.15, 0.2) is 0 Å². The number of carbonyl (C=O) groups is 2. The molecule has 0 aromatic heterocycles. The van der Waals surface area contributed by atoms with Crippen LogP contribution in [0.4, 0.5) is 4.79 Å². The molecule has 0 aromatic carbocycles. The molecule has 0 saturated carbocycles. The van der Waals surface area contributed by atoms with Crippen LogP contribution in [0.3, 0.4) is 0 Å². The van der Waals surface area contributed by atoms with Crippen LogP contribution >= 0.6 is 0 Å². The van der Waals surface area contributed by atoms with E-state index in [9.17, 15) is 14.7 Å². The summed E-state index contributed by atoms with van der Waals surface area (Å²) in [5.74, 6) is -0.455. The van der Waals surface area contributed by atoms with E-state index in [1.54, 1.807) is 16.8 Å². The first-order valence-corrected chi connectivity index (χ1v) is 7.75. The Bertz CT molecular complexity index is 333. The predicted octanol–water partition coefficient (Wildman–Crippen LogP) is 2.80. The van der Waals surface area contributed by atoms with E-state index in [2.05, 4.69) is 13.8 Å². The van der Waals surface area contributed by atoms with Gasteiger partial charge in [-0.3, -0.25) is 0 Å². The number of urea groups is 1. The molecule has 1 fully saturated rings. The van der Waals surface area contributed by atoms with E-state index < -0.39 is 12.0 Å². The van der Waals surface area contributed by atoms with Gasteiger partial charge in [0.2, 0.25) is 0 Å². The number of hydrogen-bond acceptors (Lipinski definition) is 2. The van der Waals surface area contributed by atoms with Crippen molar-refractivity contribution in [1.29, 1.82) is 0 Å². The van der Waals surface area contributed by atoms with E-state index in [1.807, 2.05) is 0 Å². The second kappa shape index (κ2) is 8.12. The van der Waals surface area contributed by atoms with E-state index in [4.69, 9.17) is 0 Å². The fourth-order valence-electron chi connectivity index (χ4n) is 2.79. The number of amides is 2. The van der Waals surface area contributed by atoms with Crippen LogP contribution in [-0.4, -0.2) is 53.1 Å². The minimum atomic E-state index is -0.876. The topological polar surface area (TPSA) is 60.9 Å². The minimum Gasteiger partial charge on any atom is -0.480 e. The van der Waals surface area contributed by atoms with Gasteiger partial charge in [0.15, 0.2) is 0 Å². The number of unbranched alkanes of at least 4 members (excludes halogenated alkanes) is 2. The number of rotatable bonds is 6. The molecule has 0 spiro atoms. The normalized spacial score (nSPS) is 22.6. The molecule has 2 unspecified atom stereocenters. The van der Waals surface area contributed by atoms with Gasteiger partial charge in [-0.15, -0.1) is 0 Å². The Morgan fingerprint density at radius 2 is 2.00 bits per heavy atom. The van der Waals surface area contributed by atoms with Gasteiger partial charge >= 0.3 is 12.0 Å². The third-order valence-corrected chi connectivity index (χ3v) is 4.24. The third kappa shape index (κ3) is 4.39. The zero-order chi connectivity index (χ0) is 15.1. The SMILES string of the molecule is CCCCCN(C)C(=O)N1CCC(CC)CC1C(=O)O. The summed E-state index contributed by atoms with van der Waals surface area (Å²) in [6.45, 7) is 5.47. The van der Waals surface area contributed by atoms with Gasteiger partial charge in [0, 0.05) is 20.1 Å². The molecule has 1 aliphatic heterocycles. The summed E-state index contributed by atoms with van der Waals surface area (Å²) in [6.07, 6.45) is 5.66. The molecule has 5 heteroatoms. The third-order valence-electron chi connectivity index (χ3n) is 4.24. The molecule has 1 rings (SSSR count). The zero-order valence-electron chi connectivity index (χ0n) is 13.0. The molecule has 20 heavy (non-hydrogen) atoms. The molecule has 1 N–H and O–H groups in total. The fraction of sp³-hybridized carbons (Fsp3) is 0.867. The molecule has 0 bridgehead atoms. The first-order valence-electron chi connectivity index (χ1n) is 7.75. The van der Waals surface area contributed by atoms with Crippen LogP contribution in [0.2, 0.25) is 0 Å².